The van der Waals surface area contributed by atoms with Gasteiger partial charge in [-0.25, -0.2) is 0 Å². The molecule has 296 valence electrons. The van der Waals surface area contributed by atoms with E-state index in [1.54, 1.807) is 0 Å². The molecule has 2 heterocycles. The van der Waals surface area contributed by atoms with Gasteiger partial charge in [0.25, 0.3) is 0 Å². The minimum atomic E-state index is 0.911. The van der Waals surface area contributed by atoms with E-state index < -0.39 is 0 Å². The highest BCUT2D eigenvalue weighted by Crippen LogP contribution is 2.43. The molecule has 12 rings (SSSR count). The highest BCUT2D eigenvalue weighted by molar-refractivity contribution is 6.10. The van der Waals surface area contributed by atoms with Crippen LogP contribution in [0.2, 0.25) is 0 Å². The van der Waals surface area contributed by atoms with Gasteiger partial charge in [-0.05, 0) is 82.4 Å². The summed E-state index contributed by atoms with van der Waals surface area (Å²) in [5.41, 5.74) is 17.9. The van der Waals surface area contributed by atoms with E-state index in [0.29, 0.717) is 0 Å². The average Bonchev–Trinajstić information content (AvgIpc) is 3.91. The quantitative estimate of drug-likeness (QED) is 0.153. The van der Waals surface area contributed by atoms with E-state index >= 15 is 0 Å². The molecule has 0 aliphatic carbocycles. The van der Waals surface area contributed by atoms with Crippen LogP contribution >= 0.6 is 0 Å². The van der Waals surface area contributed by atoms with Gasteiger partial charge < -0.3 is 13.9 Å². The number of furan rings is 1. The van der Waals surface area contributed by atoms with Crippen LogP contribution in [0.25, 0.3) is 93.9 Å². The maximum atomic E-state index is 6.37. The summed E-state index contributed by atoms with van der Waals surface area (Å²) >= 11 is 0. The molecular formula is C60H40N2O. The topological polar surface area (TPSA) is 21.3 Å². The standard InChI is InChI=1S/C60H40N2O/c1-2-15-43(16-3-1)48-17-4-9-24-55(48)61(46-37-33-42(34-38-46)41-29-31-45(32-30-41)50-22-14-23-54-53-21-8-13-28-59(53)63-60(50)54)47-39-35-44(36-40-47)49-18-5-10-25-56(49)62-57-26-11-6-19-51(57)52-20-7-12-27-58(52)62/h1-40H. The summed E-state index contributed by atoms with van der Waals surface area (Å²) in [5.74, 6) is 0. The van der Waals surface area contributed by atoms with Crippen molar-refractivity contribution in [2.75, 3.05) is 4.90 Å². The first kappa shape index (κ1) is 36.5. The number of aromatic nitrogens is 1. The van der Waals surface area contributed by atoms with Gasteiger partial charge in [0.05, 0.1) is 22.4 Å². The third kappa shape index (κ3) is 6.29. The summed E-state index contributed by atoms with van der Waals surface area (Å²) in [6, 6.07) is 87.0. The zero-order valence-electron chi connectivity index (χ0n) is 34.4. The fourth-order valence-corrected chi connectivity index (χ4v) is 9.46. The van der Waals surface area contributed by atoms with Gasteiger partial charge in [0.2, 0.25) is 0 Å². The molecule has 0 aliphatic rings. The predicted molar refractivity (Wildman–Crippen MR) is 264 cm³/mol. The highest BCUT2D eigenvalue weighted by atomic mass is 16.3. The molecule has 0 aliphatic heterocycles. The van der Waals surface area contributed by atoms with Crippen LogP contribution in [0.5, 0.6) is 0 Å². The van der Waals surface area contributed by atoms with Gasteiger partial charge in [-0.15, -0.1) is 0 Å². The van der Waals surface area contributed by atoms with Gasteiger partial charge in [0.1, 0.15) is 11.2 Å². The van der Waals surface area contributed by atoms with Crippen molar-refractivity contribution in [3.8, 4) is 50.2 Å². The van der Waals surface area contributed by atoms with Crippen LogP contribution < -0.4 is 4.90 Å². The number of hydrogen-bond donors (Lipinski definition) is 0. The van der Waals surface area contributed by atoms with Crippen molar-refractivity contribution in [3.63, 3.8) is 0 Å². The van der Waals surface area contributed by atoms with Gasteiger partial charge in [0.15, 0.2) is 0 Å². The number of fused-ring (bicyclic) bond motifs is 6. The first-order valence-corrected chi connectivity index (χ1v) is 21.5. The molecule has 0 radical (unpaired) electrons. The summed E-state index contributed by atoms with van der Waals surface area (Å²) in [6.45, 7) is 0. The Labute approximate surface area is 366 Å². The van der Waals surface area contributed by atoms with E-state index in [1.165, 1.54) is 32.9 Å². The zero-order valence-corrected chi connectivity index (χ0v) is 34.4. The Morgan fingerprint density at radius 2 is 0.762 bits per heavy atom. The minimum absolute atomic E-state index is 0.911. The Morgan fingerprint density at radius 3 is 1.46 bits per heavy atom. The van der Waals surface area contributed by atoms with E-state index in [4.69, 9.17) is 4.42 Å². The Morgan fingerprint density at radius 1 is 0.302 bits per heavy atom. The molecule has 3 heteroatoms. The molecule has 0 bridgehead atoms. The SMILES string of the molecule is c1ccc(-c2ccccc2N(c2ccc(-c3ccc(-c4cccc5c4oc4ccccc45)cc3)cc2)c2ccc(-c3ccccc3-n3c4ccccc4c4ccccc43)cc2)cc1. The number of rotatable bonds is 8. The molecule has 12 aromatic rings. The van der Waals surface area contributed by atoms with Crippen LogP contribution in [0.3, 0.4) is 0 Å². The number of para-hydroxylation sites is 6. The lowest BCUT2D eigenvalue weighted by Crippen LogP contribution is -2.11. The summed E-state index contributed by atoms with van der Waals surface area (Å²) in [5, 5.41) is 4.79. The van der Waals surface area contributed by atoms with E-state index in [1.807, 2.05) is 12.1 Å². The number of benzene rings is 10. The monoisotopic (exact) mass is 804 g/mol. The van der Waals surface area contributed by atoms with Crippen molar-refractivity contribution in [2.24, 2.45) is 0 Å². The molecule has 0 saturated carbocycles. The lowest BCUT2D eigenvalue weighted by Gasteiger charge is -2.28. The van der Waals surface area contributed by atoms with Gasteiger partial charge in [0, 0.05) is 49.6 Å². The Bertz CT molecular complexity index is 3550. The van der Waals surface area contributed by atoms with E-state index in [0.717, 1.165) is 78.1 Å². The lowest BCUT2D eigenvalue weighted by molar-refractivity contribution is 0.670. The molecule has 0 atom stereocenters. The number of nitrogens with zero attached hydrogens (tertiary/aromatic N) is 2. The third-order valence-corrected chi connectivity index (χ3v) is 12.5. The van der Waals surface area contributed by atoms with Crippen molar-refractivity contribution in [1.82, 2.24) is 4.57 Å². The van der Waals surface area contributed by atoms with Gasteiger partial charge in [-0.1, -0.05) is 188 Å². The van der Waals surface area contributed by atoms with E-state index in [9.17, 15) is 0 Å². The summed E-state index contributed by atoms with van der Waals surface area (Å²) < 4.78 is 8.78. The maximum absolute atomic E-state index is 6.37. The van der Waals surface area contributed by atoms with Crippen LogP contribution in [0.1, 0.15) is 0 Å². The molecule has 63 heavy (non-hydrogen) atoms. The Kier molecular flexibility index (Phi) is 8.83. The summed E-state index contributed by atoms with van der Waals surface area (Å²) in [7, 11) is 0. The molecule has 0 unspecified atom stereocenters. The lowest BCUT2D eigenvalue weighted by atomic mass is 9.98. The normalized spacial score (nSPS) is 11.5. The predicted octanol–water partition coefficient (Wildman–Crippen LogP) is 16.8. The Balaban J connectivity index is 0.922. The fourth-order valence-electron chi connectivity index (χ4n) is 9.46. The summed E-state index contributed by atoms with van der Waals surface area (Å²) in [6.07, 6.45) is 0. The minimum Gasteiger partial charge on any atom is -0.455 e. The van der Waals surface area contributed by atoms with Gasteiger partial charge in [-0.2, -0.15) is 0 Å². The summed E-state index contributed by atoms with van der Waals surface area (Å²) in [4.78, 5) is 2.38. The smallest absolute Gasteiger partial charge is 0.143 e. The molecule has 0 saturated heterocycles. The third-order valence-electron chi connectivity index (χ3n) is 12.5. The van der Waals surface area contributed by atoms with Crippen molar-refractivity contribution < 1.29 is 4.42 Å². The maximum Gasteiger partial charge on any atom is 0.143 e. The first-order chi connectivity index (χ1) is 31.3. The van der Waals surface area contributed by atoms with Crippen LogP contribution in [0, 0.1) is 0 Å². The van der Waals surface area contributed by atoms with Crippen LogP contribution in [-0.2, 0) is 0 Å². The highest BCUT2D eigenvalue weighted by Gasteiger charge is 2.20. The molecule has 10 aromatic carbocycles. The van der Waals surface area contributed by atoms with Crippen molar-refractivity contribution >= 4 is 60.8 Å². The molecule has 0 spiro atoms. The van der Waals surface area contributed by atoms with Gasteiger partial charge >= 0.3 is 0 Å². The van der Waals surface area contributed by atoms with Crippen molar-refractivity contribution in [2.45, 2.75) is 0 Å². The van der Waals surface area contributed by atoms with Gasteiger partial charge in [-0.3, -0.25) is 0 Å². The number of hydrogen-bond acceptors (Lipinski definition) is 2. The molecular weight excluding hydrogens is 765 g/mol. The van der Waals surface area contributed by atoms with Crippen LogP contribution in [-0.4, -0.2) is 4.57 Å². The van der Waals surface area contributed by atoms with Crippen molar-refractivity contribution in [1.29, 1.82) is 0 Å². The molecule has 2 aromatic heterocycles. The van der Waals surface area contributed by atoms with Crippen molar-refractivity contribution in [3.05, 3.63) is 243 Å². The zero-order chi connectivity index (χ0) is 41.7. The first-order valence-electron chi connectivity index (χ1n) is 21.5. The van der Waals surface area contributed by atoms with E-state index in [-0.39, 0.29) is 0 Å². The second-order valence-corrected chi connectivity index (χ2v) is 16.1. The molecule has 0 amide bonds. The van der Waals surface area contributed by atoms with Crippen LogP contribution in [0.4, 0.5) is 17.1 Å². The molecule has 3 nitrogen and oxygen atoms in total. The van der Waals surface area contributed by atoms with E-state index in [2.05, 4.69) is 240 Å². The molecule has 0 fully saturated rings. The van der Waals surface area contributed by atoms with Crippen LogP contribution in [0.15, 0.2) is 247 Å². The number of anilines is 3. The Hall–Kier alpha value is -8.40. The fraction of sp³-hybridized carbons (Fsp3) is 0. The molecule has 0 N–H and O–H groups in total. The average molecular weight is 805 g/mol. The largest absolute Gasteiger partial charge is 0.455 e. The second kappa shape index (κ2) is 15.3. The second-order valence-electron chi connectivity index (χ2n) is 16.1.